The SMILES string of the molecule is COP1(F)=N[P+](F)(C=O)NP(F)(OC)=N1. The van der Waals surface area contributed by atoms with Gasteiger partial charge < -0.3 is 9.05 Å². The smallest absolute Gasteiger partial charge is 0.310 e. The van der Waals surface area contributed by atoms with Gasteiger partial charge in [-0.15, -0.1) is 4.52 Å². The third-order valence-corrected chi connectivity index (χ3v) is 8.41. The first-order valence-corrected chi connectivity index (χ1v) is 8.19. The number of hydrogen-bond donors (Lipinski definition) is 1. The topological polar surface area (TPSA) is 72.3 Å². The average molecular weight is 284 g/mol. The summed E-state index contributed by atoms with van der Waals surface area (Å²) >= 11 is 0. The van der Waals surface area contributed by atoms with Gasteiger partial charge >= 0.3 is 29.4 Å². The van der Waals surface area contributed by atoms with Crippen molar-refractivity contribution in [3.63, 3.8) is 0 Å². The van der Waals surface area contributed by atoms with E-state index in [0.717, 1.165) is 14.2 Å². The van der Waals surface area contributed by atoms with Gasteiger partial charge in [-0.25, -0.2) is 4.79 Å². The van der Waals surface area contributed by atoms with Crippen LogP contribution >= 0.6 is 23.4 Å². The molecule has 1 aliphatic heterocycles. The van der Waals surface area contributed by atoms with Gasteiger partial charge in [-0.3, -0.25) is 0 Å². The number of hydrogen-bond acceptors (Lipinski definition) is 6. The van der Waals surface area contributed by atoms with E-state index in [0.29, 0.717) is 0 Å². The molecular formula is C3H8F3N3O3P3+. The molecule has 0 radical (unpaired) electrons. The first-order chi connectivity index (χ1) is 6.80. The maximum Gasteiger partial charge on any atom is 0.470 e. The number of carbonyl (C=O) groups is 1. The summed E-state index contributed by atoms with van der Waals surface area (Å²) in [5, 5.41) is 0. The van der Waals surface area contributed by atoms with Gasteiger partial charge in [0.15, 0.2) is 0 Å². The second-order valence-corrected chi connectivity index (χ2v) is 8.65. The monoisotopic (exact) mass is 284 g/mol. The summed E-state index contributed by atoms with van der Waals surface area (Å²) in [6.45, 7) is 0. The summed E-state index contributed by atoms with van der Waals surface area (Å²) in [7, 11) is -11.5. The number of rotatable bonds is 3. The molecule has 3 atom stereocenters. The Morgan fingerprint density at radius 3 is 2.40 bits per heavy atom. The van der Waals surface area contributed by atoms with Crippen molar-refractivity contribution in [1.29, 1.82) is 0 Å². The number of nitrogens with one attached hydrogen (secondary N) is 1. The Hall–Kier alpha value is 0.230. The minimum Gasteiger partial charge on any atom is -0.310 e. The maximum atomic E-state index is 13.6. The Labute approximate surface area is 84.7 Å². The van der Waals surface area contributed by atoms with Crippen LogP contribution < -0.4 is 4.86 Å². The molecule has 0 saturated heterocycles. The van der Waals surface area contributed by atoms with Crippen LogP contribution in [-0.4, -0.2) is 20.2 Å². The van der Waals surface area contributed by atoms with Crippen molar-refractivity contribution >= 4 is 29.4 Å². The standard InChI is InChI=1S/C3H8F3N3O3P3/c1-11-14(5)7-13(4,3-10)8-15(6,9-14)12-2/h3,7H,1-2H3/q+1. The first-order valence-electron chi connectivity index (χ1n) is 3.43. The third-order valence-electron chi connectivity index (χ3n) is 1.34. The zero-order chi connectivity index (χ0) is 11.7. The van der Waals surface area contributed by atoms with Gasteiger partial charge in [0.25, 0.3) is 0 Å². The molecule has 0 saturated carbocycles. The van der Waals surface area contributed by atoms with Crippen LogP contribution in [0.15, 0.2) is 9.03 Å². The van der Waals surface area contributed by atoms with E-state index in [1.165, 1.54) is 0 Å². The molecule has 0 fully saturated rings. The molecule has 88 valence electrons. The zero-order valence-electron chi connectivity index (χ0n) is 7.67. The van der Waals surface area contributed by atoms with Crippen LogP contribution in [0.25, 0.3) is 0 Å². The Balaban J connectivity index is 3.33. The van der Waals surface area contributed by atoms with E-state index in [4.69, 9.17) is 0 Å². The average Bonchev–Trinajstić information content (AvgIpc) is 2.16. The van der Waals surface area contributed by atoms with Crippen molar-refractivity contribution in [3.8, 4) is 0 Å². The summed E-state index contributed by atoms with van der Waals surface area (Å²) < 4.78 is 54.7. The normalized spacial score (nSPS) is 45.4. The molecule has 3 unspecified atom stereocenters. The quantitative estimate of drug-likeness (QED) is 0.634. The lowest BCUT2D eigenvalue weighted by molar-refractivity contribution is 0.402. The third kappa shape index (κ3) is 2.87. The highest BCUT2D eigenvalue weighted by Gasteiger charge is 2.55. The van der Waals surface area contributed by atoms with Crippen molar-refractivity contribution in [1.82, 2.24) is 4.86 Å². The van der Waals surface area contributed by atoms with Gasteiger partial charge in [0.05, 0.1) is 0 Å². The van der Waals surface area contributed by atoms with Gasteiger partial charge in [-0.1, -0.05) is 0 Å². The molecule has 6 nitrogen and oxygen atoms in total. The van der Waals surface area contributed by atoms with E-state index in [1.807, 2.05) is 0 Å². The lowest BCUT2D eigenvalue weighted by Gasteiger charge is -2.20. The Kier molecular flexibility index (Phi) is 3.76. The fourth-order valence-electron chi connectivity index (χ4n) is 0.728. The summed E-state index contributed by atoms with van der Waals surface area (Å²) in [5.74, 6) is 0. The van der Waals surface area contributed by atoms with E-state index in [9.17, 15) is 17.4 Å². The van der Waals surface area contributed by atoms with Gasteiger partial charge in [-0.2, -0.15) is 8.39 Å². The highest BCUT2D eigenvalue weighted by Crippen LogP contribution is 2.80. The molecule has 0 aromatic rings. The molecule has 0 bridgehead atoms. The molecule has 1 N–H and O–H groups in total. The van der Waals surface area contributed by atoms with Crippen LogP contribution in [0.2, 0.25) is 0 Å². The molecule has 1 heterocycles. The second kappa shape index (κ2) is 4.24. The molecule has 0 aliphatic carbocycles. The molecule has 0 aromatic carbocycles. The summed E-state index contributed by atoms with van der Waals surface area (Å²) in [6.07, 6.45) is 0. The molecule has 15 heavy (non-hydrogen) atoms. The van der Waals surface area contributed by atoms with Crippen LogP contribution in [0.1, 0.15) is 0 Å². The zero-order valence-corrected chi connectivity index (χ0v) is 10.4. The number of nitrogens with zero attached hydrogens (tertiary/aromatic N) is 2. The Bertz CT molecular complexity index is 389. The first kappa shape index (κ1) is 13.3. The number of halogens is 3. The van der Waals surface area contributed by atoms with Crippen LogP contribution in [0.5, 0.6) is 0 Å². The summed E-state index contributed by atoms with van der Waals surface area (Å²) in [4.78, 5) is 11.9. The summed E-state index contributed by atoms with van der Waals surface area (Å²) in [6, 6.07) is -0.275. The van der Waals surface area contributed by atoms with Crippen LogP contribution in [0.4, 0.5) is 12.6 Å². The van der Waals surface area contributed by atoms with Gasteiger partial charge in [-0.05, 0) is 9.05 Å². The van der Waals surface area contributed by atoms with Crippen LogP contribution in [0.3, 0.4) is 0 Å². The molecule has 0 spiro atoms. The largest absolute Gasteiger partial charge is 0.470 e. The van der Waals surface area contributed by atoms with Gasteiger partial charge in [0.1, 0.15) is 0 Å². The number of carbonyl (C=O) groups excluding carboxylic acids is 1. The van der Waals surface area contributed by atoms with Crippen molar-refractivity contribution < 1.29 is 26.4 Å². The highest BCUT2D eigenvalue weighted by atomic mass is 31.3. The lowest BCUT2D eigenvalue weighted by atomic mass is 11.8. The fourth-order valence-corrected chi connectivity index (χ4v) is 7.60. The highest BCUT2D eigenvalue weighted by molar-refractivity contribution is 7.93. The van der Waals surface area contributed by atoms with E-state index in [1.54, 1.807) is 4.86 Å². The Morgan fingerprint density at radius 1 is 1.40 bits per heavy atom. The fraction of sp³-hybridized carbons (Fsp3) is 0.667. The second-order valence-electron chi connectivity index (χ2n) is 2.33. The van der Waals surface area contributed by atoms with Crippen LogP contribution in [0, 0.1) is 0 Å². The molecule has 12 heteroatoms. The molecule has 0 amide bonds. The predicted octanol–water partition coefficient (Wildman–Crippen LogP) is 3.64. The molecule has 1 rings (SSSR count). The Morgan fingerprint density at radius 2 is 2.00 bits per heavy atom. The van der Waals surface area contributed by atoms with Crippen molar-refractivity contribution in [2.45, 2.75) is 0 Å². The van der Waals surface area contributed by atoms with Crippen molar-refractivity contribution in [2.24, 2.45) is 9.03 Å². The van der Waals surface area contributed by atoms with E-state index >= 15 is 0 Å². The van der Waals surface area contributed by atoms with Crippen LogP contribution in [-0.2, 0) is 13.8 Å². The maximum absolute atomic E-state index is 13.6. The van der Waals surface area contributed by atoms with Crippen molar-refractivity contribution in [3.05, 3.63) is 0 Å². The molecule has 0 aromatic heterocycles. The van der Waals surface area contributed by atoms with Gasteiger partial charge in [0.2, 0.25) is 0 Å². The van der Waals surface area contributed by atoms with E-state index < -0.39 is 23.4 Å². The van der Waals surface area contributed by atoms with E-state index in [-0.39, 0.29) is 6.03 Å². The molecule has 1 aliphatic rings. The minimum atomic E-state index is -4.44. The summed E-state index contributed by atoms with van der Waals surface area (Å²) in [5.41, 5.74) is 0. The molecular weight excluding hydrogens is 276 g/mol. The lowest BCUT2D eigenvalue weighted by Crippen LogP contribution is -2.10. The predicted molar refractivity (Wildman–Crippen MR) is 52.8 cm³/mol. The van der Waals surface area contributed by atoms with Gasteiger partial charge in [0, 0.05) is 18.7 Å². The van der Waals surface area contributed by atoms with E-state index in [2.05, 4.69) is 18.1 Å². The minimum absolute atomic E-state index is 0.275. The van der Waals surface area contributed by atoms with Crippen molar-refractivity contribution in [2.75, 3.05) is 14.2 Å².